The lowest BCUT2D eigenvalue weighted by Gasteiger charge is -2.16. The number of carbonyl (C=O) groups excluding carboxylic acids is 1. The Kier molecular flexibility index (Phi) is 4.74. The maximum Gasteiger partial charge on any atom is 0.337 e. The van der Waals surface area contributed by atoms with E-state index in [1.165, 1.54) is 25.3 Å². The van der Waals surface area contributed by atoms with Gasteiger partial charge in [0.05, 0.1) is 23.5 Å². The van der Waals surface area contributed by atoms with E-state index >= 15 is 0 Å². The van der Waals surface area contributed by atoms with Crippen molar-refractivity contribution in [3.63, 3.8) is 0 Å². The molecule has 1 aliphatic rings. The molecule has 1 aromatic rings. The molecular weight excluding hydrogens is 334 g/mol. The van der Waals surface area contributed by atoms with Gasteiger partial charge in [0.25, 0.3) is 0 Å². The number of hydrogen-bond acceptors (Lipinski definition) is 5. The van der Waals surface area contributed by atoms with Crippen LogP contribution in [-0.2, 0) is 19.6 Å². The van der Waals surface area contributed by atoms with Gasteiger partial charge in [-0.15, -0.1) is 0 Å². The summed E-state index contributed by atoms with van der Waals surface area (Å²) in [6.07, 6.45) is 0.249. The van der Waals surface area contributed by atoms with Gasteiger partial charge in [0.2, 0.25) is 10.0 Å². The minimum absolute atomic E-state index is 0.0163. The van der Waals surface area contributed by atoms with Crippen molar-refractivity contribution in [1.29, 1.82) is 0 Å². The van der Waals surface area contributed by atoms with Crippen LogP contribution < -0.4 is 0 Å². The largest absolute Gasteiger partial charge is 0.481 e. The summed E-state index contributed by atoms with van der Waals surface area (Å²) >= 11 is 5.86. The second kappa shape index (κ2) is 6.23. The van der Waals surface area contributed by atoms with E-state index in [0.29, 0.717) is 0 Å². The van der Waals surface area contributed by atoms with Crippen LogP contribution in [0.15, 0.2) is 23.1 Å². The number of carboxylic acids is 1. The number of esters is 1. The molecule has 0 aromatic heterocycles. The Morgan fingerprint density at radius 3 is 2.59 bits per heavy atom. The number of carboxylic acid groups (broad SMARTS) is 1. The number of methoxy groups -OCH3 is 1. The molecule has 0 bridgehead atoms. The molecule has 120 valence electrons. The molecule has 1 saturated heterocycles. The van der Waals surface area contributed by atoms with Gasteiger partial charge in [-0.3, -0.25) is 4.79 Å². The maximum atomic E-state index is 12.5. The Morgan fingerprint density at radius 1 is 1.36 bits per heavy atom. The topological polar surface area (TPSA) is 101 Å². The molecule has 0 aliphatic carbocycles. The van der Waals surface area contributed by atoms with Gasteiger partial charge in [-0.25, -0.2) is 13.2 Å². The first kappa shape index (κ1) is 16.7. The molecule has 1 heterocycles. The summed E-state index contributed by atoms with van der Waals surface area (Å²) in [5, 5.41) is 9.04. The zero-order valence-electron chi connectivity index (χ0n) is 11.7. The summed E-state index contributed by atoms with van der Waals surface area (Å²) in [7, 11) is -2.74. The molecule has 1 unspecified atom stereocenters. The summed E-state index contributed by atoms with van der Waals surface area (Å²) in [6.45, 7) is 0.0110. The van der Waals surface area contributed by atoms with Crippen molar-refractivity contribution in [2.24, 2.45) is 5.92 Å². The highest BCUT2D eigenvalue weighted by atomic mass is 35.5. The summed E-state index contributed by atoms with van der Waals surface area (Å²) in [5.74, 6) is -2.46. The van der Waals surface area contributed by atoms with Gasteiger partial charge >= 0.3 is 11.9 Å². The predicted octanol–water partition coefficient (Wildman–Crippen LogP) is 1.22. The highest BCUT2D eigenvalue weighted by Gasteiger charge is 2.36. The normalized spacial score (nSPS) is 19.1. The fraction of sp³-hybridized carbons (Fsp3) is 0.385. The molecule has 2 rings (SSSR count). The van der Waals surface area contributed by atoms with Crippen molar-refractivity contribution in [3.05, 3.63) is 28.8 Å². The summed E-state index contributed by atoms with van der Waals surface area (Å²) in [6, 6.07) is 3.69. The Hall–Kier alpha value is -1.64. The first-order valence-electron chi connectivity index (χ1n) is 6.37. The monoisotopic (exact) mass is 347 g/mol. The van der Waals surface area contributed by atoms with E-state index in [2.05, 4.69) is 4.74 Å². The number of halogens is 1. The summed E-state index contributed by atoms with van der Waals surface area (Å²) in [4.78, 5) is 22.3. The Balaban J connectivity index is 2.36. The third-order valence-corrected chi connectivity index (χ3v) is 5.49. The van der Waals surface area contributed by atoms with Gasteiger partial charge < -0.3 is 9.84 Å². The van der Waals surface area contributed by atoms with Crippen LogP contribution in [0.2, 0.25) is 5.02 Å². The minimum Gasteiger partial charge on any atom is -0.481 e. The van der Waals surface area contributed by atoms with Crippen LogP contribution in [0, 0.1) is 5.92 Å². The Labute approximate surface area is 132 Å². The fourth-order valence-electron chi connectivity index (χ4n) is 2.24. The standard InChI is InChI=1S/C13H14ClNO6S/c1-21-13(18)9-4-10(14)6-11(5-9)22(19,20)15-3-2-8(7-15)12(16)17/h4-6,8H,2-3,7H2,1H3,(H,16,17). The predicted molar refractivity (Wildman–Crippen MR) is 77.3 cm³/mol. The molecule has 9 heteroatoms. The average Bonchev–Trinajstić information content (AvgIpc) is 2.96. The lowest BCUT2D eigenvalue weighted by Crippen LogP contribution is -2.30. The molecule has 0 amide bonds. The lowest BCUT2D eigenvalue weighted by molar-refractivity contribution is -0.141. The number of sulfonamides is 1. The van der Waals surface area contributed by atoms with E-state index in [0.717, 1.165) is 4.31 Å². The number of hydrogen-bond donors (Lipinski definition) is 1. The van der Waals surface area contributed by atoms with Gasteiger partial charge in [-0.1, -0.05) is 11.6 Å². The third-order valence-electron chi connectivity index (χ3n) is 3.43. The van der Waals surface area contributed by atoms with Crippen molar-refractivity contribution in [3.8, 4) is 0 Å². The van der Waals surface area contributed by atoms with E-state index in [1.807, 2.05) is 0 Å². The maximum absolute atomic E-state index is 12.5. The van der Waals surface area contributed by atoms with Crippen molar-refractivity contribution >= 4 is 33.6 Å². The first-order chi connectivity index (χ1) is 10.3. The smallest absolute Gasteiger partial charge is 0.337 e. The van der Waals surface area contributed by atoms with Gasteiger partial charge in [0.15, 0.2) is 0 Å². The summed E-state index contributed by atoms with van der Waals surface area (Å²) < 4.78 is 30.7. The SMILES string of the molecule is COC(=O)c1cc(Cl)cc(S(=O)(=O)N2CCC(C(=O)O)C2)c1. The quantitative estimate of drug-likeness (QED) is 0.822. The van der Waals surface area contributed by atoms with Crippen LogP contribution in [0.3, 0.4) is 0 Å². The number of nitrogens with zero attached hydrogens (tertiary/aromatic N) is 1. The number of ether oxygens (including phenoxy) is 1. The van der Waals surface area contributed by atoms with Crippen molar-refractivity contribution in [1.82, 2.24) is 4.31 Å². The van der Waals surface area contributed by atoms with Crippen LogP contribution >= 0.6 is 11.6 Å². The number of aliphatic carboxylic acids is 1. The lowest BCUT2D eigenvalue weighted by atomic mass is 10.1. The van der Waals surface area contributed by atoms with Crippen LogP contribution in [0.1, 0.15) is 16.8 Å². The van der Waals surface area contributed by atoms with Gasteiger partial charge in [0, 0.05) is 18.1 Å². The van der Waals surface area contributed by atoms with E-state index in [4.69, 9.17) is 16.7 Å². The molecule has 1 aliphatic heterocycles. The van der Waals surface area contributed by atoms with E-state index in [1.54, 1.807) is 0 Å². The zero-order chi connectivity index (χ0) is 16.5. The molecule has 7 nitrogen and oxygen atoms in total. The minimum atomic E-state index is -3.91. The molecule has 1 atom stereocenters. The van der Waals surface area contributed by atoms with E-state index in [9.17, 15) is 18.0 Å². The number of rotatable bonds is 4. The fourth-order valence-corrected chi connectivity index (χ4v) is 4.12. The van der Waals surface area contributed by atoms with Crippen LogP contribution in [-0.4, -0.2) is 50.0 Å². The van der Waals surface area contributed by atoms with E-state index < -0.39 is 27.9 Å². The molecule has 1 aromatic carbocycles. The van der Waals surface area contributed by atoms with Crippen LogP contribution in [0.4, 0.5) is 0 Å². The first-order valence-corrected chi connectivity index (χ1v) is 8.19. The molecule has 1 fully saturated rings. The second-order valence-corrected chi connectivity index (χ2v) is 7.23. The van der Waals surface area contributed by atoms with Crippen molar-refractivity contribution < 1.29 is 27.9 Å². The molecular formula is C13H14ClNO6S. The highest BCUT2D eigenvalue weighted by molar-refractivity contribution is 7.89. The third kappa shape index (κ3) is 3.23. The second-order valence-electron chi connectivity index (χ2n) is 4.85. The van der Waals surface area contributed by atoms with Crippen molar-refractivity contribution in [2.45, 2.75) is 11.3 Å². The van der Waals surface area contributed by atoms with Gasteiger partial charge in [-0.2, -0.15) is 4.31 Å². The van der Waals surface area contributed by atoms with E-state index in [-0.39, 0.29) is 35.0 Å². The van der Waals surface area contributed by atoms with Crippen LogP contribution in [0.25, 0.3) is 0 Å². The highest BCUT2D eigenvalue weighted by Crippen LogP contribution is 2.27. The Morgan fingerprint density at radius 2 is 2.05 bits per heavy atom. The molecule has 22 heavy (non-hydrogen) atoms. The van der Waals surface area contributed by atoms with Gasteiger partial charge in [0.1, 0.15) is 0 Å². The Bertz CT molecular complexity index is 717. The van der Waals surface area contributed by atoms with Gasteiger partial charge in [-0.05, 0) is 24.6 Å². The van der Waals surface area contributed by atoms with Crippen molar-refractivity contribution in [2.75, 3.05) is 20.2 Å². The number of carbonyl (C=O) groups is 2. The van der Waals surface area contributed by atoms with Crippen LogP contribution in [0.5, 0.6) is 0 Å². The molecule has 0 spiro atoms. The number of benzene rings is 1. The molecule has 1 N–H and O–H groups in total. The zero-order valence-corrected chi connectivity index (χ0v) is 13.2. The molecule has 0 saturated carbocycles. The summed E-state index contributed by atoms with van der Waals surface area (Å²) in [5.41, 5.74) is 0.0163. The average molecular weight is 348 g/mol. The molecule has 0 radical (unpaired) electrons.